The molecule has 0 saturated carbocycles. The van der Waals surface area contributed by atoms with E-state index in [0.29, 0.717) is 5.95 Å². The summed E-state index contributed by atoms with van der Waals surface area (Å²) < 4.78 is 1.04. The number of halogens is 1. The molecule has 0 fully saturated rings. The van der Waals surface area contributed by atoms with E-state index in [1.54, 1.807) is 0 Å². The van der Waals surface area contributed by atoms with Crippen LogP contribution in [0, 0.1) is 6.92 Å². The number of aromatic nitrogens is 2. The highest BCUT2D eigenvalue weighted by atomic mass is 79.9. The Balaban J connectivity index is 2.47. The van der Waals surface area contributed by atoms with Crippen molar-refractivity contribution in [3.05, 3.63) is 40.5 Å². The van der Waals surface area contributed by atoms with Crippen LogP contribution in [0.5, 0.6) is 0 Å². The van der Waals surface area contributed by atoms with Crippen molar-refractivity contribution in [2.75, 3.05) is 5.43 Å². The second-order valence-electron chi connectivity index (χ2n) is 3.37. The van der Waals surface area contributed by atoms with E-state index in [1.165, 1.54) is 0 Å². The van der Waals surface area contributed by atoms with Gasteiger partial charge in [0.2, 0.25) is 5.95 Å². The summed E-state index contributed by atoms with van der Waals surface area (Å²) in [6.07, 6.45) is 0. The largest absolute Gasteiger partial charge is 0.292 e. The Morgan fingerprint density at radius 2 is 1.88 bits per heavy atom. The van der Waals surface area contributed by atoms with Gasteiger partial charge in [0.1, 0.15) is 0 Å². The minimum atomic E-state index is 0.429. The molecular formula is C11H11BrN4. The van der Waals surface area contributed by atoms with Crippen molar-refractivity contribution in [3.63, 3.8) is 0 Å². The summed E-state index contributed by atoms with van der Waals surface area (Å²) in [6, 6.07) is 9.85. The van der Waals surface area contributed by atoms with Crippen LogP contribution < -0.4 is 11.3 Å². The maximum atomic E-state index is 5.31. The molecule has 1 aromatic heterocycles. The first kappa shape index (κ1) is 11.0. The first-order valence-electron chi connectivity index (χ1n) is 4.77. The van der Waals surface area contributed by atoms with Gasteiger partial charge in [-0.2, -0.15) is 0 Å². The lowest BCUT2D eigenvalue weighted by Crippen LogP contribution is -2.11. The normalized spacial score (nSPS) is 10.2. The van der Waals surface area contributed by atoms with E-state index in [9.17, 15) is 0 Å². The summed E-state index contributed by atoms with van der Waals surface area (Å²) in [7, 11) is 0. The smallest absolute Gasteiger partial charge is 0.237 e. The van der Waals surface area contributed by atoms with Crippen LogP contribution in [0.3, 0.4) is 0 Å². The average molecular weight is 279 g/mol. The Hall–Kier alpha value is -1.46. The monoisotopic (exact) mass is 278 g/mol. The van der Waals surface area contributed by atoms with Gasteiger partial charge in [-0.25, -0.2) is 15.8 Å². The van der Waals surface area contributed by atoms with E-state index in [4.69, 9.17) is 5.84 Å². The number of nitrogens with zero attached hydrogens (tertiary/aromatic N) is 2. The third-order valence-corrected chi connectivity index (χ3v) is 2.65. The topological polar surface area (TPSA) is 63.8 Å². The molecule has 1 aromatic carbocycles. The van der Waals surface area contributed by atoms with Crippen molar-refractivity contribution >= 4 is 21.9 Å². The van der Waals surface area contributed by atoms with Crippen molar-refractivity contribution < 1.29 is 0 Å². The third-order valence-electron chi connectivity index (χ3n) is 2.12. The molecule has 4 nitrogen and oxygen atoms in total. The highest BCUT2D eigenvalue weighted by molar-refractivity contribution is 9.10. The molecule has 3 N–H and O–H groups in total. The predicted molar refractivity (Wildman–Crippen MR) is 67.7 cm³/mol. The number of anilines is 1. The number of nitrogen functional groups attached to an aromatic ring is 1. The van der Waals surface area contributed by atoms with Gasteiger partial charge in [-0.05, 0) is 25.1 Å². The zero-order valence-corrected chi connectivity index (χ0v) is 10.3. The number of benzene rings is 1. The highest BCUT2D eigenvalue weighted by Gasteiger charge is 2.03. The van der Waals surface area contributed by atoms with Crippen molar-refractivity contribution in [1.82, 2.24) is 9.97 Å². The van der Waals surface area contributed by atoms with Gasteiger partial charge in [0.15, 0.2) is 0 Å². The van der Waals surface area contributed by atoms with Gasteiger partial charge >= 0.3 is 0 Å². The minimum absolute atomic E-state index is 0.429. The molecule has 2 aromatic rings. The Kier molecular flexibility index (Phi) is 3.17. The molecule has 0 saturated heterocycles. The molecule has 1 heterocycles. The van der Waals surface area contributed by atoms with Crippen LogP contribution in [0.25, 0.3) is 11.3 Å². The zero-order valence-electron chi connectivity index (χ0n) is 8.74. The molecule has 0 amide bonds. The molecule has 0 bridgehead atoms. The molecule has 16 heavy (non-hydrogen) atoms. The molecule has 5 heteroatoms. The van der Waals surface area contributed by atoms with Crippen LogP contribution >= 0.6 is 15.9 Å². The second kappa shape index (κ2) is 4.59. The van der Waals surface area contributed by atoms with Crippen molar-refractivity contribution in [3.8, 4) is 11.3 Å². The summed E-state index contributed by atoms with van der Waals surface area (Å²) in [5, 5.41) is 0. The molecule has 0 spiro atoms. The summed E-state index contributed by atoms with van der Waals surface area (Å²) in [5.74, 6) is 5.74. The van der Waals surface area contributed by atoms with Crippen LogP contribution in [0.2, 0.25) is 0 Å². The lowest BCUT2D eigenvalue weighted by molar-refractivity contribution is 1.08. The lowest BCUT2D eigenvalue weighted by atomic mass is 10.1. The van der Waals surface area contributed by atoms with Crippen molar-refractivity contribution in [2.24, 2.45) is 5.84 Å². The molecule has 82 valence electrons. The van der Waals surface area contributed by atoms with E-state index in [0.717, 1.165) is 21.4 Å². The van der Waals surface area contributed by atoms with E-state index in [-0.39, 0.29) is 0 Å². The number of nitrogens with one attached hydrogen (secondary N) is 1. The van der Waals surface area contributed by atoms with Crippen LogP contribution in [-0.4, -0.2) is 9.97 Å². The van der Waals surface area contributed by atoms with Gasteiger partial charge in [0, 0.05) is 15.7 Å². The second-order valence-corrected chi connectivity index (χ2v) is 4.29. The fourth-order valence-electron chi connectivity index (χ4n) is 1.40. The Morgan fingerprint density at radius 1 is 1.19 bits per heavy atom. The quantitative estimate of drug-likeness (QED) is 0.655. The number of hydrogen-bond donors (Lipinski definition) is 2. The minimum Gasteiger partial charge on any atom is -0.292 e. The molecule has 0 radical (unpaired) electrons. The number of aryl methyl sites for hydroxylation is 1. The Morgan fingerprint density at radius 3 is 2.50 bits per heavy atom. The fraction of sp³-hybridized carbons (Fsp3) is 0.0909. The SMILES string of the molecule is Cc1cc(-c2ccc(Br)cc2)nc(NN)n1. The number of rotatable bonds is 2. The third kappa shape index (κ3) is 2.37. The maximum Gasteiger partial charge on any atom is 0.237 e. The molecular weight excluding hydrogens is 268 g/mol. The fourth-order valence-corrected chi connectivity index (χ4v) is 1.67. The van der Waals surface area contributed by atoms with E-state index in [1.807, 2.05) is 37.3 Å². The van der Waals surface area contributed by atoms with E-state index >= 15 is 0 Å². The summed E-state index contributed by atoms with van der Waals surface area (Å²) in [6.45, 7) is 1.91. The highest BCUT2D eigenvalue weighted by Crippen LogP contribution is 2.21. The first-order valence-corrected chi connectivity index (χ1v) is 5.56. The van der Waals surface area contributed by atoms with Crippen LogP contribution in [0.15, 0.2) is 34.8 Å². The Labute approximate surface area is 102 Å². The maximum absolute atomic E-state index is 5.31. The first-order chi connectivity index (χ1) is 7.69. The van der Waals surface area contributed by atoms with Gasteiger partial charge in [0.05, 0.1) is 5.69 Å². The lowest BCUT2D eigenvalue weighted by Gasteiger charge is -2.05. The van der Waals surface area contributed by atoms with Gasteiger partial charge in [-0.3, -0.25) is 5.43 Å². The summed E-state index contributed by atoms with van der Waals surface area (Å²) >= 11 is 3.40. The van der Waals surface area contributed by atoms with Crippen LogP contribution in [0.4, 0.5) is 5.95 Å². The number of hydrogen-bond acceptors (Lipinski definition) is 4. The molecule has 0 aliphatic carbocycles. The van der Waals surface area contributed by atoms with Gasteiger partial charge in [0.25, 0.3) is 0 Å². The van der Waals surface area contributed by atoms with E-state index < -0.39 is 0 Å². The van der Waals surface area contributed by atoms with Crippen LogP contribution in [-0.2, 0) is 0 Å². The molecule has 0 unspecified atom stereocenters. The van der Waals surface area contributed by atoms with E-state index in [2.05, 4.69) is 31.3 Å². The standard InChI is InChI=1S/C11H11BrN4/c1-7-6-10(15-11(14-7)16-13)8-2-4-9(12)5-3-8/h2-6H,13H2,1H3,(H,14,15,16). The molecule has 0 aliphatic heterocycles. The summed E-state index contributed by atoms with van der Waals surface area (Å²) in [4.78, 5) is 8.43. The van der Waals surface area contributed by atoms with Crippen molar-refractivity contribution in [1.29, 1.82) is 0 Å². The van der Waals surface area contributed by atoms with Gasteiger partial charge < -0.3 is 0 Å². The van der Waals surface area contributed by atoms with Gasteiger partial charge in [-0.15, -0.1) is 0 Å². The number of hydrazine groups is 1. The van der Waals surface area contributed by atoms with Crippen LogP contribution in [0.1, 0.15) is 5.69 Å². The van der Waals surface area contributed by atoms with Crippen molar-refractivity contribution in [2.45, 2.75) is 6.92 Å². The molecule has 2 rings (SSSR count). The van der Waals surface area contributed by atoms with Gasteiger partial charge in [-0.1, -0.05) is 28.1 Å². The Bertz CT molecular complexity index is 496. The zero-order chi connectivity index (χ0) is 11.5. The molecule has 0 aliphatic rings. The predicted octanol–water partition coefficient (Wildman–Crippen LogP) is 2.50. The number of nitrogens with two attached hydrogens (primary N) is 1. The summed E-state index contributed by atoms with van der Waals surface area (Å²) in [5.41, 5.74) is 5.22. The average Bonchev–Trinajstić information content (AvgIpc) is 2.29. The molecule has 0 atom stereocenters.